The van der Waals surface area contributed by atoms with Crippen molar-refractivity contribution >= 4 is 23.4 Å². The highest BCUT2D eigenvalue weighted by molar-refractivity contribution is 6.05. The van der Waals surface area contributed by atoms with Crippen molar-refractivity contribution in [2.45, 2.75) is 25.7 Å². The Morgan fingerprint density at radius 2 is 1.77 bits per heavy atom. The van der Waals surface area contributed by atoms with Gasteiger partial charge in [-0.1, -0.05) is 12.1 Å². The van der Waals surface area contributed by atoms with Gasteiger partial charge >= 0.3 is 6.18 Å². The maximum absolute atomic E-state index is 14.0. The first kappa shape index (κ1) is 27.6. The van der Waals surface area contributed by atoms with E-state index in [4.69, 9.17) is 5.73 Å². The average Bonchev–Trinajstić information content (AvgIpc) is 3.33. The smallest absolute Gasteiger partial charge is 0.404 e. The fourth-order valence-corrected chi connectivity index (χ4v) is 5.10. The highest BCUT2D eigenvalue weighted by Crippen LogP contribution is 2.35. The van der Waals surface area contributed by atoms with E-state index in [9.17, 15) is 18.0 Å². The Labute approximate surface area is 231 Å². The molecule has 0 bridgehead atoms. The number of nitrogens with zero attached hydrogens (tertiary/aromatic N) is 5. The zero-order valence-electron chi connectivity index (χ0n) is 22.3. The molecule has 40 heavy (non-hydrogen) atoms. The zero-order valence-corrected chi connectivity index (χ0v) is 22.3. The lowest BCUT2D eigenvalue weighted by Crippen LogP contribution is -2.44. The molecule has 2 aliphatic rings. The van der Waals surface area contributed by atoms with E-state index in [0.717, 1.165) is 48.9 Å². The van der Waals surface area contributed by atoms with Gasteiger partial charge in [-0.2, -0.15) is 13.2 Å². The molecular weight excluding hydrogens is 519 g/mol. The zero-order chi connectivity index (χ0) is 28.3. The van der Waals surface area contributed by atoms with E-state index in [1.807, 2.05) is 18.0 Å². The SMILES string of the molecule is CN1CCN(Cc2ccc(NC(=O)c3ccc4c(c3)N(Cc3cnc(/C=C\N)nc3)CC4)cc2C(F)(F)F)CC1. The number of nitrogens with one attached hydrogen (secondary N) is 1. The van der Waals surface area contributed by atoms with Gasteiger partial charge in [0.1, 0.15) is 0 Å². The van der Waals surface area contributed by atoms with Crippen LogP contribution < -0.4 is 16.0 Å². The first-order valence-corrected chi connectivity index (χ1v) is 13.2. The van der Waals surface area contributed by atoms with Gasteiger partial charge in [0.2, 0.25) is 0 Å². The number of carbonyl (C=O) groups is 1. The number of halogens is 3. The number of hydrogen-bond acceptors (Lipinski definition) is 7. The predicted octanol–water partition coefficient (Wildman–Crippen LogP) is 3.99. The Bertz CT molecular complexity index is 1380. The van der Waals surface area contributed by atoms with Crippen LogP contribution in [0.5, 0.6) is 0 Å². The Kier molecular flexibility index (Phi) is 8.04. The second-order valence-corrected chi connectivity index (χ2v) is 10.2. The number of piperazine rings is 1. The van der Waals surface area contributed by atoms with Gasteiger partial charge in [0.05, 0.1) is 5.56 Å². The van der Waals surface area contributed by atoms with E-state index in [1.165, 1.54) is 12.3 Å². The number of alkyl halides is 3. The Balaban J connectivity index is 1.30. The molecule has 8 nitrogen and oxygen atoms in total. The number of rotatable bonds is 7. The largest absolute Gasteiger partial charge is 0.416 e. The summed E-state index contributed by atoms with van der Waals surface area (Å²) in [6, 6.07) is 9.44. The number of carbonyl (C=O) groups excluding carboxylic acids is 1. The summed E-state index contributed by atoms with van der Waals surface area (Å²) in [4.78, 5) is 28.0. The van der Waals surface area contributed by atoms with Gasteiger partial charge in [0, 0.05) is 80.7 Å². The van der Waals surface area contributed by atoms with Gasteiger partial charge in [0.25, 0.3) is 5.91 Å². The lowest BCUT2D eigenvalue weighted by atomic mass is 10.0. The number of fused-ring (bicyclic) bond motifs is 1. The summed E-state index contributed by atoms with van der Waals surface area (Å²) in [5.41, 5.74) is 8.29. The molecule has 3 N–H and O–H groups in total. The monoisotopic (exact) mass is 551 g/mol. The third-order valence-corrected chi connectivity index (χ3v) is 7.35. The van der Waals surface area contributed by atoms with Crippen molar-refractivity contribution in [3.8, 4) is 0 Å². The molecule has 3 aromatic rings. The number of likely N-dealkylation sites (N-methyl/N-ethyl adjacent to an activating group) is 1. The number of anilines is 2. The van der Waals surface area contributed by atoms with Crippen LogP contribution in [0, 0.1) is 0 Å². The molecule has 0 saturated carbocycles. The molecule has 0 radical (unpaired) electrons. The topological polar surface area (TPSA) is 90.6 Å². The molecule has 1 aromatic heterocycles. The van der Waals surface area contributed by atoms with Gasteiger partial charge in [-0.25, -0.2) is 9.97 Å². The van der Waals surface area contributed by atoms with Crippen LogP contribution in [0.1, 0.15) is 38.4 Å². The van der Waals surface area contributed by atoms with E-state index in [2.05, 4.69) is 25.1 Å². The molecule has 0 unspecified atom stereocenters. The maximum atomic E-state index is 14.0. The fraction of sp³-hybridized carbons (Fsp3) is 0.345. The standard InChI is InChI=1S/C29H32F3N7O/c1-37-10-12-38(13-11-37)19-23-4-5-24(15-25(23)29(30,31)32)36-28(40)22-3-2-21-7-9-39(26(21)14-22)18-20-16-34-27(6-8-33)35-17-20/h2-6,8,14-17H,7,9-13,18-19,33H2,1H3,(H,36,40)/b8-6-. The number of hydrogen-bond donors (Lipinski definition) is 2. The summed E-state index contributed by atoms with van der Waals surface area (Å²) in [6.45, 7) is 4.62. The highest BCUT2D eigenvalue weighted by Gasteiger charge is 2.34. The molecule has 1 fully saturated rings. The minimum absolute atomic E-state index is 0.112. The van der Waals surface area contributed by atoms with Crippen molar-refractivity contribution < 1.29 is 18.0 Å². The molecule has 0 aliphatic carbocycles. The number of benzene rings is 2. The van der Waals surface area contributed by atoms with Gasteiger partial charge < -0.3 is 20.9 Å². The normalized spacial score (nSPS) is 16.4. The minimum atomic E-state index is -4.53. The summed E-state index contributed by atoms with van der Waals surface area (Å²) < 4.78 is 41.9. The van der Waals surface area contributed by atoms with Crippen LogP contribution in [0.4, 0.5) is 24.5 Å². The Hall–Kier alpha value is -3.96. The maximum Gasteiger partial charge on any atom is 0.416 e. The first-order chi connectivity index (χ1) is 19.2. The van der Waals surface area contributed by atoms with Crippen molar-refractivity contribution in [3.63, 3.8) is 0 Å². The summed E-state index contributed by atoms with van der Waals surface area (Å²) in [5, 5.41) is 2.67. The summed E-state index contributed by atoms with van der Waals surface area (Å²) in [7, 11) is 2.00. The molecular formula is C29H32F3N7O. The van der Waals surface area contributed by atoms with Crippen LogP contribution in [0.25, 0.3) is 6.08 Å². The van der Waals surface area contributed by atoms with Crippen molar-refractivity contribution in [2.24, 2.45) is 5.73 Å². The molecule has 3 heterocycles. The summed E-state index contributed by atoms with van der Waals surface area (Å²) in [6.07, 6.45) is 2.77. The van der Waals surface area contributed by atoms with Crippen molar-refractivity contribution in [3.05, 3.63) is 88.6 Å². The number of amides is 1. The van der Waals surface area contributed by atoms with Crippen LogP contribution in [-0.4, -0.2) is 65.4 Å². The molecule has 0 atom stereocenters. The Morgan fingerprint density at radius 3 is 2.48 bits per heavy atom. The molecule has 11 heteroatoms. The van der Waals surface area contributed by atoms with E-state index in [1.54, 1.807) is 36.7 Å². The van der Waals surface area contributed by atoms with Crippen molar-refractivity contribution in [1.29, 1.82) is 0 Å². The molecule has 2 aromatic carbocycles. The second-order valence-electron chi connectivity index (χ2n) is 10.2. The summed E-state index contributed by atoms with van der Waals surface area (Å²) in [5.74, 6) is 0.0592. The van der Waals surface area contributed by atoms with E-state index in [0.29, 0.717) is 31.0 Å². The molecule has 2 aliphatic heterocycles. The van der Waals surface area contributed by atoms with E-state index in [-0.39, 0.29) is 17.8 Å². The van der Waals surface area contributed by atoms with Gasteiger partial charge in [0.15, 0.2) is 5.82 Å². The molecule has 5 rings (SSSR count). The third-order valence-electron chi connectivity index (χ3n) is 7.35. The van der Waals surface area contributed by atoms with Crippen molar-refractivity contribution in [2.75, 3.05) is 50.0 Å². The highest BCUT2D eigenvalue weighted by atomic mass is 19.4. The van der Waals surface area contributed by atoms with Crippen LogP contribution in [0.15, 0.2) is 55.0 Å². The van der Waals surface area contributed by atoms with Crippen LogP contribution in [0.3, 0.4) is 0 Å². The Morgan fingerprint density at radius 1 is 1.02 bits per heavy atom. The average molecular weight is 552 g/mol. The van der Waals surface area contributed by atoms with Crippen LogP contribution in [-0.2, 0) is 25.7 Å². The first-order valence-electron chi connectivity index (χ1n) is 13.2. The number of aromatic nitrogens is 2. The van der Waals surface area contributed by atoms with E-state index >= 15 is 0 Å². The van der Waals surface area contributed by atoms with Crippen LogP contribution in [0.2, 0.25) is 0 Å². The fourth-order valence-electron chi connectivity index (χ4n) is 5.10. The van der Waals surface area contributed by atoms with Gasteiger partial charge in [-0.05, 0) is 61.1 Å². The quantitative estimate of drug-likeness (QED) is 0.459. The lowest BCUT2D eigenvalue weighted by Gasteiger charge is -2.33. The molecule has 210 valence electrons. The minimum Gasteiger partial charge on any atom is -0.404 e. The van der Waals surface area contributed by atoms with Gasteiger partial charge in [-0.3, -0.25) is 9.69 Å². The second kappa shape index (κ2) is 11.6. The molecule has 1 amide bonds. The summed E-state index contributed by atoms with van der Waals surface area (Å²) >= 11 is 0. The molecule has 0 spiro atoms. The number of nitrogens with two attached hydrogens (primary N) is 1. The van der Waals surface area contributed by atoms with Crippen molar-refractivity contribution in [1.82, 2.24) is 19.8 Å². The van der Waals surface area contributed by atoms with E-state index < -0.39 is 17.6 Å². The predicted molar refractivity (Wildman–Crippen MR) is 149 cm³/mol. The molecule has 1 saturated heterocycles. The van der Waals surface area contributed by atoms with Crippen LogP contribution >= 0.6 is 0 Å². The lowest BCUT2D eigenvalue weighted by molar-refractivity contribution is -0.138. The van der Waals surface area contributed by atoms with Gasteiger partial charge in [-0.15, -0.1) is 0 Å². The third kappa shape index (κ3) is 6.43.